The van der Waals surface area contributed by atoms with E-state index < -0.39 is 50.0 Å². The van der Waals surface area contributed by atoms with Crippen LogP contribution in [0.1, 0.15) is 38.1 Å². The van der Waals surface area contributed by atoms with E-state index in [-0.39, 0.29) is 5.56 Å². The van der Waals surface area contributed by atoms with Crippen molar-refractivity contribution in [3.63, 3.8) is 0 Å². The van der Waals surface area contributed by atoms with Gasteiger partial charge in [-0.3, -0.25) is 10.1 Å². The molecule has 0 unspecified atom stereocenters. The van der Waals surface area contributed by atoms with Crippen LogP contribution in [-0.4, -0.2) is 43.7 Å². The molecule has 0 aromatic heterocycles. The first kappa shape index (κ1) is 22.5. The lowest BCUT2D eigenvalue weighted by atomic mass is 10.1. The van der Waals surface area contributed by atoms with Gasteiger partial charge in [-0.1, -0.05) is 0 Å². The Morgan fingerprint density at radius 1 is 1.07 bits per heavy atom. The Bertz CT molecular complexity index is 816. The minimum Gasteiger partial charge on any atom is -0.449 e. The van der Waals surface area contributed by atoms with Crippen LogP contribution in [0.2, 0.25) is 0 Å². The van der Waals surface area contributed by atoms with Crippen molar-refractivity contribution in [3.05, 3.63) is 29.8 Å². The minimum atomic E-state index is -4.78. The molecule has 0 saturated carbocycles. The SMILES string of the molecule is C[C@@H](OC(=O)c1ccc(S(=O)(=O)C(F)F)cc1)C(=O)NC(=O)NC(C)(C)C. The fourth-order valence-corrected chi connectivity index (χ4v) is 2.47. The maximum absolute atomic E-state index is 12.5. The first-order valence-corrected chi connectivity index (χ1v) is 9.25. The lowest BCUT2D eigenvalue weighted by Crippen LogP contribution is -2.50. The number of halogens is 2. The molecule has 0 fully saturated rings. The summed E-state index contributed by atoms with van der Waals surface area (Å²) in [4.78, 5) is 34.8. The molecular formula is C16H20F2N2O6S. The van der Waals surface area contributed by atoms with Gasteiger partial charge in [0.15, 0.2) is 6.10 Å². The van der Waals surface area contributed by atoms with Gasteiger partial charge in [0.1, 0.15) is 0 Å². The van der Waals surface area contributed by atoms with Crippen molar-refractivity contribution in [3.8, 4) is 0 Å². The van der Waals surface area contributed by atoms with E-state index in [4.69, 9.17) is 4.74 Å². The van der Waals surface area contributed by atoms with Gasteiger partial charge in [-0.05, 0) is 52.0 Å². The average Bonchev–Trinajstić information content (AvgIpc) is 2.52. The largest absolute Gasteiger partial charge is 0.449 e. The van der Waals surface area contributed by atoms with Crippen molar-refractivity contribution >= 4 is 27.7 Å². The summed E-state index contributed by atoms with van der Waals surface area (Å²) in [6, 6.07) is 2.86. The van der Waals surface area contributed by atoms with Gasteiger partial charge in [-0.2, -0.15) is 8.78 Å². The molecule has 1 aromatic carbocycles. The van der Waals surface area contributed by atoms with Crippen molar-refractivity contribution in [1.82, 2.24) is 10.6 Å². The Morgan fingerprint density at radius 3 is 2.04 bits per heavy atom. The lowest BCUT2D eigenvalue weighted by Gasteiger charge is -2.21. The Kier molecular flexibility index (Phi) is 7.01. The third-order valence-electron chi connectivity index (χ3n) is 3.03. The quantitative estimate of drug-likeness (QED) is 0.721. The molecule has 27 heavy (non-hydrogen) atoms. The molecule has 0 heterocycles. The van der Waals surface area contributed by atoms with Crippen molar-refractivity contribution in [2.45, 2.75) is 50.0 Å². The third-order valence-corrected chi connectivity index (χ3v) is 4.43. The van der Waals surface area contributed by atoms with Gasteiger partial charge in [0.05, 0.1) is 10.5 Å². The van der Waals surface area contributed by atoms with Crippen LogP contribution in [0, 0.1) is 0 Å². The highest BCUT2D eigenvalue weighted by molar-refractivity contribution is 7.91. The van der Waals surface area contributed by atoms with Gasteiger partial charge in [-0.25, -0.2) is 18.0 Å². The fraction of sp³-hybridized carbons (Fsp3) is 0.438. The number of urea groups is 1. The Labute approximate surface area is 155 Å². The number of hydrogen-bond donors (Lipinski definition) is 2. The highest BCUT2D eigenvalue weighted by Crippen LogP contribution is 2.19. The molecule has 0 saturated heterocycles. The predicted molar refractivity (Wildman–Crippen MR) is 90.9 cm³/mol. The molecule has 0 spiro atoms. The van der Waals surface area contributed by atoms with Crippen LogP contribution in [0.15, 0.2) is 29.2 Å². The summed E-state index contributed by atoms with van der Waals surface area (Å²) in [5.41, 5.74) is -0.730. The minimum absolute atomic E-state index is 0.151. The maximum atomic E-state index is 12.5. The van der Waals surface area contributed by atoms with Crippen LogP contribution < -0.4 is 10.6 Å². The van der Waals surface area contributed by atoms with Crippen LogP contribution in [0.5, 0.6) is 0 Å². The number of esters is 1. The molecular weight excluding hydrogens is 386 g/mol. The van der Waals surface area contributed by atoms with Crippen LogP contribution in [0.4, 0.5) is 13.6 Å². The van der Waals surface area contributed by atoms with E-state index in [1.807, 2.05) is 5.32 Å². The Balaban J connectivity index is 2.73. The van der Waals surface area contributed by atoms with Crippen LogP contribution in [-0.2, 0) is 19.4 Å². The van der Waals surface area contributed by atoms with E-state index in [2.05, 4.69) is 5.32 Å². The first-order chi connectivity index (χ1) is 12.2. The number of sulfone groups is 1. The van der Waals surface area contributed by atoms with E-state index in [0.29, 0.717) is 0 Å². The van der Waals surface area contributed by atoms with E-state index in [1.165, 1.54) is 6.92 Å². The molecule has 0 aliphatic rings. The van der Waals surface area contributed by atoms with E-state index >= 15 is 0 Å². The number of benzene rings is 1. The second kappa shape index (κ2) is 8.42. The predicted octanol–water partition coefficient (Wildman–Crippen LogP) is 1.85. The number of nitrogens with one attached hydrogen (secondary N) is 2. The Morgan fingerprint density at radius 2 is 1.59 bits per heavy atom. The molecule has 0 radical (unpaired) electrons. The summed E-state index contributed by atoms with van der Waals surface area (Å²) in [5, 5.41) is 4.50. The van der Waals surface area contributed by atoms with Crippen LogP contribution in [0.25, 0.3) is 0 Å². The maximum Gasteiger partial charge on any atom is 0.341 e. The third kappa shape index (κ3) is 6.59. The molecule has 1 rings (SSSR count). The standard InChI is InChI=1S/C16H20F2N2O6S/c1-9(12(21)19-15(23)20-16(2,3)4)26-13(22)10-5-7-11(8-6-10)27(24,25)14(17)18/h5-9,14H,1-4H3,(H2,19,20,21,23)/t9-/m1/s1. The molecule has 0 bridgehead atoms. The summed E-state index contributed by atoms with van der Waals surface area (Å²) < 4.78 is 52.5. The normalized spacial score (nSPS) is 13.0. The summed E-state index contributed by atoms with van der Waals surface area (Å²) in [6.07, 6.45) is -1.33. The number of carbonyl (C=O) groups is 3. The molecule has 1 atom stereocenters. The summed E-state index contributed by atoms with van der Waals surface area (Å²) in [7, 11) is -4.78. The summed E-state index contributed by atoms with van der Waals surface area (Å²) in [5.74, 6) is -5.45. The van der Waals surface area contributed by atoms with Crippen LogP contribution in [0.3, 0.4) is 0 Å². The van der Waals surface area contributed by atoms with Gasteiger partial charge in [-0.15, -0.1) is 0 Å². The zero-order valence-electron chi connectivity index (χ0n) is 15.1. The van der Waals surface area contributed by atoms with Crippen molar-refractivity contribution in [1.29, 1.82) is 0 Å². The fourth-order valence-electron chi connectivity index (χ4n) is 1.75. The van der Waals surface area contributed by atoms with E-state index in [0.717, 1.165) is 24.3 Å². The van der Waals surface area contributed by atoms with Gasteiger partial charge >= 0.3 is 17.8 Å². The monoisotopic (exact) mass is 406 g/mol. The van der Waals surface area contributed by atoms with Crippen LogP contribution >= 0.6 is 0 Å². The second-order valence-electron chi connectivity index (χ2n) is 6.57. The van der Waals surface area contributed by atoms with Gasteiger partial charge in [0.25, 0.3) is 5.91 Å². The molecule has 11 heteroatoms. The zero-order chi connectivity index (χ0) is 21.0. The molecule has 0 aliphatic heterocycles. The molecule has 0 aliphatic carbocycles. The lowest BCUT2D eigenvalue weighted by molar-refractivity contribution is -0.127. The first-order valence-electron chi connectivity index (χ1n) is 7.70. The Hall–Kier alpha value is -2.56. The molecule has 3 amide bonds. The topological polar surface area (TPSA) is 119 Å². The van der Waals surface area contributed by atoms with Crippen molar-refractivity contribution < 1.29 is 36.3 Å². The van der Waals surface area contributed by atoms with E-state index in [9.17, 15) is 31.6 Å². The highest BCUT2D eigenvalue weighted by Gasteiger charge is 2.27. The van der Waals surface area contributed by atoms with E-state index in [1.54, 1.807) is 20.8 Å². The molecule has 150 valence electrons. The average molecular weight is 406 g/mol. The van der Waals surface area contributed by atoms with Gasteiger partial charge < -0.3 is 10.1 Å². The van der Waals surface area contributed by atoms with Gasteiger partial charge in [0.2, 0.25) is 9.84 Å². The van der Waals surface area contributed by atoms with Crippen molar-refractivity contribution in [2.75, 3.05) is 0 Å². The number of carbonyl (C=O) groups excluding carboxylic acids is 3. The smallest absolute Gasteiger partial charge is 0.341 e. The number of ether oxygens (including phenoxy) is 1. The molecule has 1 aromatic rings. The number of rotatable bonds is 5. The molecule has 8 nitrogen and oxygen atoms in total. The summed E-state index contributed by atoms with van der Waals surface area (Å²) >= 11 is 0. The van der Waals surface area contributed by atoms with Gasteiger partial charge in [0, 0.05) is 5.54 Å². The second-order valence-corrected chi connectivity index (χ2v) is 8.49. The van der Waals surface area contributed by atoms with Crippen molar-refractivity contribution in [2.24, 2.45) is 0 Å². The number of hydrogen-bond acceptors (Lipinski definition) is 6. The number of imide groups is 1. The zero-order valence-corrected chi connectivity index (χ0v) is 15.9. The molecule has 2 N–H and O–H groups in total. The number of amides is 3. The number of alkyl halides is 2. The highest BCUT2D eigenvalue weighted by atomic mass is 32.2. The summed E-state index contributed by atoms with van der Waals surface area (Å²) in [6.45, 7) is 6.35.